The van der Waals surface area contributed by atoms with Gasteiger partial charge in [-0.2, -0.15) is 0 Å². The lowest BCUT2D eigenvalue weighted by Crippen LogP contribution is -2.44. The van der Waals surface area contributed by atoms with Gasteiger partial charge in [-0.05, 0) is 80.8 Å². The molecule has 1 aliphatic heterocycles. The highest BCUT2D eigenvalue weighted by molar-refractivity contribution is 5.96. The number of rotatable bonds is 3. The molecule has 1 amide bonds. The summed E-state index contributed by atoms with van der Waals surface area (Å²) in [6.45, 7) is 13.3. The molecule has 1 saturated heterocycles. The molecule has 31 heavy (non-hydrogen) atoms. The van der Waals surface area contributed by atoms with Gasteiger partial charge in [-0.15, -0.1) is 0 Å². The minimum absolute atomic E-state index is 0.133. The summed E-state index contributed by atoms with van der Waals surface area (Å²) >= 11 is 0. The van der Waals surface area contributed by atoms with Gasteiger partial charge in [0, 0.05) is 43.2 Å². The number of amides is 1. The van der Waals surface area contributed by atoms with Crippen molar-refractivity contribution in [3.8, 4) is 0 Å². The number of hydrogen-bond donors (Lipinski definition) is 1. The number of anilines is 2. The maximum Gasteiger partial charge on any atom is 0.227 e. The molecule has 1 aromatic carbocycles. The molecular weight excluding hydrogens is 384 g/mol. The molecule has 2 aromatic rings. The van der Waals surface area contributed by atoms with Crippen molar-refractivity contribution in [2.45, 2.75) is 53.4 Å². The maximum atomic E-state index is 12.9. The van der Waals surface area contributed by atoms with E-state index in [4.69, 9.17) is 4.98 Å². The molecule has 5 heteroatoms. The molecule has 168 valence electrons. The van der Waals surface area contributed by atoms with Gasteiger partial charge in [-0.25, -0.2) is 4.98 Å². The van der Waals surface area contributed by atoms with Gasteiger partial charge in [0.1, 0.15) is 5.82 Å². The normalized spacial score (nSPS) is 23.2. The molecule has 0 unspecified atom stereocenters. The summed E-state index contributed by atoms with van der Waals surface area (Å²) < 4.78 is 0. The zero-order valence-electron chi connectivity index (χ0n) is 19.9. The van der Waals surface area contributed by atoms with Crippen molar-refractivity contribution in [3.63, 3.8) is 0 Å². The number of pyridine rings is 1. The monoisotopic (exact) mass is 422 g/mol. The third-order valence-corrected chi connectivity index (χ3v) is 7.42. The number of hydrogen-bond acceptors (Lipinski definition) is 4. The van der Waals surface area contributed by atoms with E-state index in [0.29, 0.717) is 5.41 Å². The van der Waals surface area contributed by atoms with E-state index in [1.807, 2.05) is 12.1 Å². The van der Waals surface area contributed by atoms with Crippen LogP contribution < -0.4 is 10.2 Å². The van der Waals surface area contributed by atoms with Crippen molar-refractivity contribution in [1.82, 2.24) is 9.88 Å². The molecule has 4 rings (SSSR count). The molecule has 2 heterocycles. The molecule has 0 atom stereocenters. The fourth-order valence-corrected chi connectivity index (χ4v) is 5.12. The molecule has 1 aromatic heterocycles. The van der Waals surface area contributed by atoms with Gasteiger partial charge in [0.2, 0.25) is 5.91 Å². The van der Waals surface area contributed by atoms with Crippen LogP contribution >= 0.6 is 0 Å². The van der Waals surface area contributed by atoms with E-state index < -0.39 is 0 Å². The van der Waals surface area contributed by atoms with Gasteiger partial charge >= 0.3 is 0 Å². The summed E-state index contributed by atoms with van der Waals surface area (Å²) in [6.07, 6.45) is 4.29. The van der Waals surface area contributed by atoms with Crippen molar-refractivity contribution < 1.29 is 4.79 Å². The number of nitrogens with one attached hydrogen (secondary N) is 1. The highest BCUT2D eigenvalue weighted by Crippen LogP contribution is 2.40. The highest BCUT2D eigenvalue weighted by atomic mass is 16.1. The van der Waals surface area contributed by atoms with Crippen molar-refractivity contribution in [2.24, 2.45) is 17.3 Å². The van der Waals surface area contributed by atoms with Gasteiger partial charge in [0.25, 0.3) is 0 Å². The number of piperazine rings is 1. The summed E-state index contributed by atoms with van der Waals surface area (Å²) in [6, 6.07) is 8.33. The Hall–Kier alpha value is -2.14. The molecule has 5 nitrogen and oxygen atoms in total. The Bertz CT molecular complexity index is 932. The summed E-state index contributed by atoms with van der Waals surface area (Å²) in [5.74, 6) is 2.09. The molecule has 0 spiro atoms. The summed E-state index contributed by atoms with van der Waals surface area (Å²) in [5.41, 5.74) is 3.43. The number of carbonyl (C=O) groups excluding carboxylic acids is 1. The Kier molecular flexibility index (Phi) is 6.25. The molecule has 2 fully saturated rings. The van der Waals surface area contributed by atoms with Gasteiger partial charge in [0.15, 0.2) is 0 Å². The lowest BCUT2D eigenvalue weighted by atomic mass is 9.69. The van der Waals surface area contributed by atoms with Crippen LogP contribution in [-0.2, 0) is 4.79 Å². The minimum atomic E-state index is 0.133. The topological polar surface area (TPSA) is 48.5 Å². The molecule has 2 aliphatic rings. The minimum Gasteiger partial charge on any atom is -0.354 e. The first-order valence-corrected chi connectivity index (χ1v) is 11.9. The maximum absolute atomic E-state index is 12.9. The van der Waals surface area contributed by atoms with E-state index in [1.165, 1.54) is 5.56 Å². The second-order valence-electron chi connectivity index (χ2n) is 10.7. The van der Waals surface area contributed by atoms with Crippen LogP contribution in [0.3, 0.4) is 0 Å². The third kappa shape index (κ3) is 5.03. The predicted octanol–water partition coefficient (Wildman–Crippen LogP) is 5.09. The Morgan fingerprint density at radius 1 is 1.03 bits per heavy atom. The largest absolute Gasteiger partial charge is 0.354 e. The Morgan fingerprint density at radius 3 is 2.35 bits per heavy atom. The number of likely N-dealkylation sites (N-methyl/N-ethyl adjacent to an activating group) is 1. The zero-order valence-corrected chi connectivity index (χ0v) is 19.9. The van der Waals surface area contributed by atoms with Crippen LogP contribution in [0.2, 0.25) is 0 Å². The van der Waals surface area contributed by atoms with Crippen LogP contribution in [0.5, 0.6) is 0 Å². The Morgan fingerprint density at radius 2 is 1.71 bits per heavy atom. The summed E-state index contributed by atoms with van der Waals surface area (Å²) in [7, 11) is 2.17. The lowest BCUT2D eigenvalue weighted by molar-refractivity contribution is -0.121. The van der Waals surface area contributed by atoms with E-state index in [9.17, 15) is 4.79 Å². The first-order valence-electron chi connectivity index (χ1n) is 11.9. The lowest BCUT2D eigenvalue weighted by Gasteiger charge is -2.36. The first kappa shape index (κ1) is 22.1. The summed E-state index contributed by atoms with van der Waals surface area (Å²) in [5, 5.41) is 4.30. The third-order valence-electron chi connectivity index (χ3n) is 7.42. The van der Waals surface area contributed by atoms with Gasteiger partial charge in [0.05, 0.1) is 5.52 Å². The van der Waals surface area contributed by atoms with E-state index in [-0.39, 0.29) is 11.8 Å². The number of nitrogens with zero attached hydrogens (tertiary/aromatic N) is 3. The predicted molar refractivity (Wildman–Crippen MR) is 130 cm³/mol. The number of aryl methyl sites for hydroxylation is 1. The zero-order chi connectivity index (χ0) is 22.2. The smallest absolute Gasteiger partial charge is 0.227 e. The second-order valence-corrected chi connectivity index (χ2v) is 10.7. The Labute approximate surface area is 187 Å². The molecule has 1 aliphatic carbocycles. The van der Waals surface area contributed by atoms with Crippen molar-refractivity contribution >= 4 is 28.3 Å². The van der Waals surface area contributed by atoms with Gasteiger partial charge in [-0.3, -0.25) is 4.79 Å². The van der Waals surface area contributed by atoms with Crippen LogP contribution in [-0.4, -0.2) is 49.0 Å². The summed E-state index contributed by atoms with van der Waals surface area (Å²) in [4.78, 5) is 22.5. The quantitative estimate of drug-likeness (QED) is 0.749. The average molecular weight is 423 g/mol. The van der Waals surface area contributed by atoms with E-state index >= 15 is 0 Å². The van der Waals surface area contributed by atoms with Crippen LogP contribution in [0, 0.1) is 24.2 Å². The van der Waals surface area contributed by atoms with Crippen LogP contribution in [0.4, 0.5) is 11.5 Å². The van der Waals surface area contributed by atoms with Gasteiger partial charge in [-0.1, -0.05) is 20.8 Å². The fourth-order valence-electron chi connectivity index (χ4n) is 5.12. The number of carbonyl (C=O) groups is 1. The SMILES string of the molecule is Cc1cc(N2CCN(C)CC2)nc2ccc(NC(=O)C3CCC(C(C)(C)C)CC3)cc12. The molecule has 1 N–H and O–H groups in total. The van der Waals surface area contributed by atoms with E-state index in [0.717, 1.165) is 80.2 Å². The van der Waals surface area contributed by atoms with Crippen molar-refractivity contribution in [3.05, 3.63) is 29.8 Å². The molecular formula is C26H38N4O. The molecule has 1 saturated carbocycles. The number of aromatic nitrogens is 1. The van der Waals surface area contributed by atoms with Crippen molar-refractivity contribution in [2.75, 3.05) is 43.4 Å². The van der Waals surface area contributed by atoms with Gasteiger partial charge < -0.3 is 15.1 Å². The standard InChI is InChI=1S/C26H38N4O/c1-18-16-24(30-14-12-29(5)13-15-30)28-23-11-10-21(17-22(18)23)27-25(31)19-6-8-20(9-7-19)26(2,3)4/h10-11,16-17,19-20H,6-9,12-15H2,1-5H3,(H,27,31). The molecule has 0 bridgehead atoms. The van der Waals surface area contributed by atoms with E-state index in [1.54, 1.807) is 0 Å². The fraction of sp³-hybridized carbons (Fsp3) is 0.615. The number of benzene rings is 1. The Balaban J connectivity index is 1.44. The number of fused-ring (bicyclic) bond motifs is 1. The van der Waals surface area contributed by atoms with E-state index in [2.05, 4.69) is 62.0 Å². The second kappa shape index (κ2) is 8.78. The highest BCUT2D eigenvalue weighted by Gasteiger charge is 2.32. The average Bonchev–Trinajstić information content (AvgIpc) is 2.74. The van der Waals surface area contributed by atoms with Crippen molar-refractivity contribution in [1.29, 1.82) is 0 Å². The first-order chi connectivity index (χ1) is 14.7. The van der Waals surface area contributed by atoms with Crippen LogP contribution in [0.25, 0.3) is 10.9 Å². The van der Waals surface area contributed by atoms with Crippen LogP contribution in [0.15, 0.2) is 24.3 Å². The van der Waals surface area contributed by atoms with Crippen LogP contribution in [0.1, 0.15) is 52.0 Å². The molecule has 0 radical (unpaired) electrons.